The molecule has 1 aliphatic rings. The van der Waals surface area contributed by atoms with Crippen LogP contribution in [0.5, 0.6) is 0 Å². The molecule has 1 aliphatic carbocycles. The quantitative estimate of drug-likeness (QED) is 0.568. The number of aromatic nitrogens is 5. The molecule has 3 aromatic heterocycles. The molecule has 7 nitrogen and oxygen atoms in total. The van der Waals surface area contributed by atoms with Crippen LogP contribution in [0.15, 0.2) is 28.7 Å². The van der Waals surface area contributed by atoms with Gasteiger partial charge in [-0.05, 0) is 31.2 Å². The predicted molar refractivity (Wildman–Crippen MR) is 117 cm³/mol. The fourth-order valence-electron chi connectivity index (χ4n) is 3.84. The van der Waals surface area contributed by atoms with Gasteiger partial charge in [-0.2, -0.15) is 5.10 Å². The third kappa shape index (κ3) is 4.90. The molecule has 1 fully saturated rings. The maximum Gasteiger partial charge on any atom is 0.235 e. The zero-order valence-electron chi connectivity index (χ0n) is 16.8. The average Bonchev–Trinajstić information content (AvgIpc) is 3.43. The van der Waals surface area contributed by atoms with Crippen LogP contribution in [-0.4, -0.2) is 36.2 Å². The van der Waals surface area contributed by atoms with Crippen LogP contribution in [0.1, 0.15) is 54.5 Å². The summed E-state index contributed by atoms with van der Waals surface area (Å²) < 4.78 is 3.98. The third-order valence-corrected chi connectivity index (χ3v) is 7.01. The minimum absolute atomic E-state index is 0.0593. The summed E-state index contributed by atoms with van der Waals surface area (Å²) in [5, 5.41) is 19.1. The Kier molecular flexibility index (Phi) is 6.34. The first-order chi connectivity index (χ1) is 14.1. The summed E-state index contributed by atoms with van der Waals surface area (Å²) in [6, 6.07) is 6.51. The minimum Gasteiger partial charge on any atom is -0.310 e. The van der Waals surface area contributed by atoms with Crippen molar-refractivity contribution >= 4 is 34.8 Å². The Balaban J connectivity index is 1.47. The van der Waals surface area contributed by atoms with E-state index in [1.807, 2.05) is 20.0 Å². The molecule has 0 atom stereocenters. The second kappa shape index (κ2) is 9.13. The van der Waals surface area contributed by atoms with E-state index in [0.717, 1.165) is 35.9 Å². The molecule has 9 heteroatoms. The zero-order valence-corrected chi connectivity index (χ0v) is 18.4. The second-order valence-electron chi connectivity index (χ2n) is 7.45. The van der Waals surface area contributed by atoms with E-state index >= 15 is 0 Å². The summed E-state index contributed by atoms with van der Waals surface area (Å²) in [5.74, 6) is 1.95. The van der Waals surface area contributed by atoms with Gasteiger partial charge in [-0.25, -0.2) is 0 Å². The molecule has 0 radical (unpaired) electrons. The van der Waals surface area contributed by atoms with Gasteiger partial charge in [0.15, 0.2) is 5.16 Å². The summed E-state index contributed by atoms with van der Waals surface area (Å²) in [6.45, 7) is 1.91. The summed E-state index contributed by atoms with van der Waals surface area (Å²) in [6.07, 6.45) is 6.89. The number of aryl methyl sites for hydroxylation is 2. The number of rotatable bonds is 7. The largest absolute Gasteiger partial charge is 0.310 e. The van der Waals surface area contributed by atoms with E-state index in [4.69, 9.17) is 0 Å². The van der Waals surface area contributed by atoms with Crippen LogP contribution in [-0.2, 0) is 18.3 Å². The molecule has 0 unspecified atom stereocenters. The minimum atomic E-state index is -0.0593. The lowest BCUT2D eigenvalue weighted by Crippen LogP contribution is -2.19. The monoisotopic (exact) mass is 430 g/mol. The average molecular weight is 431 g/mol. The number of carbonyl (C=O) groups excluding carboxylic acids is 1. The third-order valence-electron chi connectivity index (χ3n) is 5.19. The number of hydrogen-bond acceptors (Lipinski definition) is 6. The maximum atomic E-state index is 12.5. The zero-order chi connectivity index (χ0) is 20.2. The van der Waals surface area contributed by atoms with E-state index in [1.54, 1.807) is 16.0 Å². The Morgan fingerprint density at radius 3 is 2.83 bits per heavy atom. The highest BCUT2D eigenvalue weighted by Crippen LogP contribution is 2.33. The van der Waals surface area contributed by atoms with Gasteiger partial charge in [0.05, 0.1) is 11.4 Å². The number of nitrogens with one attached hydrogen (secondary N) is 1. The fourth-order valence-corrected chi connectivity index (χ4v) is 5.36. The Morgan fingerprint density at radius 2 is 2.14 bits per heavy atom. The lowest BCUT2D eigenvalue weighted by atomic mass is 9.95. The normalized spacial score (nSPS) is 15.0. The van der Waals surface area contributed by atoms with Gasteiger partial charge in [0.2, 0.25) is 5.91 Å². The van der Waals surface area contributed by atoms with Crippen molar-refractivity contribution < 1.29 is 4.79 Å². The van der Waals surface area contributed by atoms with Crippen LogP contribution in [0, 0.1) is 6.92 Å². The lowest BCUT2D eigenvalue weighted by Gasteiger charge is -2.25. The van der Waals surface area contributed by atoms with Gasteiger partial charge in [-0.15, -0.1) is 21.5 Å². The molecule has 0 aliphatic heterocycles. The number of thioether (sulfide) groups is 1. The van der Waals surface area contributed by atoms with Crippen molar-refractivity contribution in [1.82, 2.24) is 24.5 Å². The van der Waals surface area contributed by atoms with E-state index in [1.165, 1.54) is 35.9 Å². The standard InChI is InChI=1S/C20H26N6OS2/c1-14-11-17(25(2)24-14)21-19(27)13-29-20-23-22-18(12-16-9-6-10-28-16)26(20)15-7-4-3-5-8-15/h6,9-11,15H,3-5,7-8,12-13H2,1-2H3,(H,21,27). The van der Waals surface area contributed by atoms with Gasteiger partial charge < -0.3 is 9.88 Å². The molecule has 0 aromatic carbocycles. The molecule has 1 N–H and O–H groups in total. The molecule has 0 saturated heterocycles. The van der Waals surface area contributed by atoms with Crippen molar-refractivity contribution in [3.05, 3.63) is 40.0 Å². The maximum absolute atomic E-state index is 12.5. The second-order valence-corrected chi connectivity index (χ2v) is 9.42. The van der Waals surface area contributed by atoms with Gasteiger partial charge in [-0.1, -0.05) is 37.1 Å². The molecular weight excluding hydrogens is 404 g/mol. The van der Waals surface area contributed by atoms with Crippen molar-refractivity contribution in [3.63, 3.8) is 0 Å². The van der Waals surface area contributed by atoms with Crippen molar-refractivity contribution in [3.8, 4) is 0 Å². The Labute approximate surface area is 178 Å². The van der Waals surface area contributed by atoms with E-state index in [9.17, 15) is 4.79 Å². The number of thiophene rings is 1. The first-order valence-corrected chi connectivity index (χ1v) is 11.9. The molecule has 1 amide bonds. The van der Waals surface area contributed by atoms with E-state index < -0.39 is 0 Å². The Bertz CT molecular complexity index is 956. The highest BCUT2D eigenvalue weighted by molar-refractivity contribution is 7.99. The lowest BCUT2D eigenvalue weighted by molar-refractivity contribution is -0.113. The molecule has 154 valence electrons. The van der Waals surface area contributed by atoms with Gasteiger partial charge in [-0.3, -0.25) is 9.48 Å². The Hall–Kier alpha value is -2.13. The molecule has 1 saturated carbocycles. The summed E-state index contributed by atoms with van der Waals surface area (Å²) in [5.41, 5.74) is 0.880. The Morgan fingerprint density at radius 1 is 1.31 bits per heavy atom. The van der Waals surface area contributed by atoms with Crippen LogP contribution < -0.4 is 5.32 Å². The van der Waals surface area contributed by atoms with Crippen LogP contribution in [0.3, 0.4) is 0 Å². The smallest absolute Gasteiger partial charge is 0.235 e. The van der Waals surface area contributed by atoms with Gasteiger partial charge >= 0.3 is 0 Å². The van der Waals surface area contributed by atoms with E-state index in [2.05, 4.69) is 42.7 Å². The van der Waals surface area contributed by atoms with Crippen LogP contribution in [0.25, 0.3) is 0 Å². The van der Waals surface area contributed by atoms with Crippen molar-refractivity contribution in [2.45, 2.75) is 56.6 Å². The van der Waals surface area contributed by atoms with Crippen molar-refractivity contribution in [2.24, 2.45) is 7.05 Å². The van der Waals surface area contributed by atoms with Crippen molar-refractivity contribution in [2.75, 3.05) is 11.1 Å². The number of nitrogens with zero attached hydrogens (tertiary/aromatic N) is 5. The summed E-state index contributed by atoms with van der Waals surface area (Å²) in [4.78, 5) is 13.8. The van der Waals surface area contributed by atoms with Gasteiger partial charge in [0.1, 0.15) is 11.6 Å². The van der Waals surface area contributed by atoms with Gasteiger partial charge in [0, 0.05) is 30.5 Å². The van der Waals surface area contributed by atoms with E-state index in [0.29, 0.717) is 17.6 Å². The summed E-state index contributed by atoms with van der Waals surface area (Å²) >= 11 is 3.21. The topological polar surface area (TPSA) is 77.6 Å². The molecular formula is C20H26N6OS2. The predicted octanol–water partition coefficient (Wildman–Crippen LogP) is 4.21. The molecule has 3 aromatic rings. The number of amides is 1. The highest BCUT2D eigenvalue weighted by Gasteiger charge is 2.24. The first kappa shape index (κ1) is 20.2. The molecule has 0 bridgehead atoms. The van der Waals surface area contributed by atoms with Gasteiger partial charge in [0.25, 0.3) is 0 Å². The number of anilines is 1. The highest BCUT2D eigenvalue weighted by atomic mass is 32.2. The first-order valence-electron chi connectivity index (χ1n) is 9.99. The van der Waals surface area contributed by atoms with Crippen LogP contribution in [0.2, 0.25) is 0 Å². The molecule has 0 spiro atoms. The van der Waals surface area contributed by atoms with Crippen molar-refractivity contribution in [1.29, 1.82) is 0 Å². The van der Waals surface area contributed by atoms with E-state index in [-0.39, 0.29) is 5.91 Å². The fraction of sp³-hybridized carbons (Fsp3) is 0.500. The number of hydrogen-bond donors (Lipinski definition) is 1. The summed E-state index contributed by atoms with van der Waals surface area (Å²) in [7, 11) is 1.83. The van der Waals surface area contributed by atoms with Crippen LogP contribution in [0.4, 0.5) is 5.82 Å². The number of carbonyl (C=O) groups is 1. The van der Waals surface area contributed by atoms with Crippen LogP contribution >= 0.6 is 23.1 Å². The molecule has 4 rings (SSSR count). The molecule has 29 heavy (non-hydrogen) atoms. The molecule has 3 heterocycles. The SMILES string of the molecule is Cc1cc(NC(=O)CSc2nnc(Cc3cccs3)n2C2CCCCC2)n(C)n1.